The molecule has 2 aliphatic heterocycles. The van der Waals surface area contributed by atoms with Crippen molar-refractivity contribution >= 4 is 17.5 Å². The molecule has 106 valence electrons. The monoisotopic (exact) mass is 292 g/mol. The van der Waals surface area contributed by atoms with E-state index >= 15 is 0 Å². The van der Waals surface area contributed by atoms with Crippen LogP contribution in [0.1, 0.15) is 0 Å². The Bertz CT molecular complexity index is 427. The van der Waals surface area contributed by atoms with Gasteiger partial charge in [-0.3, -0.25) is 4.79 Å². The Labute approximate surface area is 114 Å². The fourth-order valence-corrected chi connectivity index (χ4v) is 2.44. The minimum absolute atomic E-state index is 0.197. The summed E-state index contributed by atoms with van der Waals surface area (Å²) in [5, 5.41) is 20.6. The predicted octanol–water partition coefficient (Wildman–Crippen LogP) is -0.572. The maximum absolute atomic E-state index is 13.0. The molecule has 4 atom stereocenters. The van der Waals surface area contributed by atoms with Gasteiger partial charge in [-0.1, -0.05) is 6.58 Å². The highest BCUT2D eigenvalue weighted by molar-refractivity contribution is 6.21. The van der Waals surface area contributed by atoms with E-state index in [1.54, 1.807) is 0 Å². The number of aliphatic hydroxyl groups excluding tert-OH is 2. The molecule has 0 saturated carbocycles. The third-order valence-corrected chi connectivity index (χ3v) is 3.66. The van der Waals surface area contributed by atoms with Crippen molar-refractivity contribution in [3.63, 3.8) is 0 Å². The number of halogens is 2. The van der Waals surface area contributed by atoms with Crippen molar-refractivity contribution in [2.45, 2.75) is 23.3 Å². The van der Waals surface area contributed by atoms with Gasteiger partial charge in [0.25, 0.3) is 5.91 Å². The van der Waals surface area contributed by atoms with E-state index in [1.165, 1.54) is 17.2 Å². The molecule has 0 aromatic heterocycles. The highest BCUT2D eigenvalue weighted by Gasteiger charge is 2.56. The average Bonchev–Trinajstić information content (AvgIpc) is 2.64. The summed E-state index contributed by atoms with van der Waals surface area (Å²) in [5.41, 5.74) is -1.76. The van der Waals surface area contributed by atoms with Crippen LogP contribution in [0.3, 0.4) is 0 Å². The second-order valence-electron chi connectivity index (χ2n) is 4.41. The van der Waals surface area contributed by atoms with Gasteiger partial charge in [0.2, 0.25) is 0 Å². The molecule has 0 unspecified atom stereocenters. The highest BCUT2D eigenvalue weighted by Crippen LogP contribution is 2.37. The van der Waals surface area contributed by atoms with E-state index in [4.69, 9.17) is 16.3 Å². The maximum atomic E-state index is 13.0. The normalized spacial score (nSPS) is 38.7. The summed E-state index contributed by atoms with van der Waals surface area (Å²) >= 11 is 6.02. The van der Waals surface area contributed by atoms with Gasteiger partial charge in [0, 0.05) is 12.3 Å². The van der Waals surface area contributed by atoms with Crippen molar-refractivity contribution in [2.75, 3.05) is 13.3 Å². The highest BCUT2D eigenvalue weighted by atomic mass is 35.5. The zero-order valence-corrected chi connectivity index (χ0v) is 10.7. The number of hydrogen-bond donors (Lipinski definition) is 3. The summed E-state index contributed by atoms with van der Waals surface area (Å²) in [6.45, 7) is 1.83. The fourth-order valence-electron chi connectivity index (χ4n) is 2.04. The number of nitrogens with zero attached hydrogens (tertiary/aromatic N) is 1. The summed E-state index contributed by atoms with van der Waals surface area (Å²) in [7, 11) is 0. The number of nitrogens with one attached hydrogen (secondary N) is 1. The Morgan fingerprint density at radius 1 is 1.68 bits per heavy atom. The first-order valence-corrected chi connectivity index (χ1v) is 6.02. The van der Waals surface area contributed by atoms with Crippen LogP contribution in [0.25, 0.3) is 0 Å². The zero-order valence-electron chi connectivity index (χ0n) is 9.92. The number of ether oxygens (including phenoxy) is 1. The molecule has 3 N–H and O–H groups in total. The molecule has 6 nitrogen and oxygen atoms in total. The maximum Gasteiger partial charge on any atom is 0.250 e. The van der Waals surface area contributed by atoms with E-state index in [1.807, 2.05) is 0 Å². The minimum Gasteiger partial charge on any atom is -0.393 e. The van der Waals surface area contributed by atoms with Crippen molar-refractivity contribution in [2.24, 2.45) is 0 Å². The number of rotatable bonds is 3. The lowest BCUT2D eigenvalue weighted by Crippen LogP contribution is -2.47. The second-order valence-corrected chi connectivity index (χ2v) is 4.92. The number of aliphatic hydroxyl groups is 2. The van der Waals surface area contributed by atoms with Crippen LogP contribution in [0, 0.1) is 0 Å². The minimum atomic E-state index is -1.76. The summed E-state index contributed by atoms with van der Waals surface area (Å²) < 4.78 is 18.4. The van der Waals surface area contributed by atoms with E-state index in [0.717, 1.165) is 0 Å². The standard InChI is InChI=1S/C11H14ClFN2O4/c1-6-14-7(17)2-3-15(6)10-8(12)9(18)11(4-13,5-16)19-10/h2-3,8-10,16,18H,1,4-5H2,(H,14,17)/t8-,9-,10+,11+/m0/s1. The molecular formula is C11H14ClFN2O4. The quantitative estimate of drug-likeness (QED) is 0.607. The van der Waals surface area contributed by atoms with E-state index in [9.17, 15) is 19.4 Å². The number of carbonyl (C=O) groups excluding carboxylic acids is 1. The number of alkyl halides is 2. The van der Waals surface area contributed by atoms with Gasteiger partial charge >= 0.3 is 0 Å². The second kappa shape index (κ2) is 5.09. The Morgan fingerprint density at radius 2 is 2.37 bits per heavy atom. The number of hydrogen-bond acceptors (Lipinski definition) is 5. The van der Waals surface area contributed by atoms with Crippen LogP contribution in [0.4, 0.5) is 4.39 Å². The molecule has 0 bridgehead atoms. The molecular weight excluding hydrogens is 279 g/mol. The lowest BCUT2D eigenvalue weighted by Gasteiger charge is -2.33. The van der Waals surface area contributed by atoms with Crippen molar-refractivity contribution in [1.29, 1.82) is 0 Å². The first-order valence-electron chi connectivity index (χ1n) is 5.58. The Morgan fingerprint density at radius 3 is 2.84 bits per heavy atom. The smallest absolute Gasteiger partial charge is 0.250 e. The third-order valence-electron chi connectivity index (χ3n) is 3.20. The molecule has 1 amide bonds. The molecule has 0 aromatic rings. The van der Waals surface area contributed by atoms with Crippen LogP contribution in [-0.2, 0) is 9.53 Å². The first kappa shape index (κ1) is 14.3. The van der Waals surface area contributed by atoms with Crippen molar-refractivity contribution in [1.82, 2.24) is 10.2 Å². The van der Waals surface area contributed by atoms with Gasteiger partial charge in [0.05, 0.1) is 6.61 Å². The molecule has 0 aliphatic carbocycles. The van der Waals surface area contributed by atoms with Gasteiger partial charge in [0.15, 0.2) is 6.23 Å². The molecule has 1 saturated heterocycles. The van der Waals surface area contributed by atoms with Gasteiger partial charge in [0.1, 0.15) is 29.6 Å². The van der Waals surface area contributed by atoms with Gasteiger partial charge in [-0.15, -0.1) is 11.6 Å². The first-order chi connectivity index (χ1) is 8.95. The van der Waals surface area contributed by atoms with Gasteiger partial charge in [-0.05, 0) is 0 Å². The topological polar surface area (TPSA) is 82.0 Å². The average molecular weight is 293 g/mol. The molecule has 19 heavy (non-hydrogen) atoms. The number of carbonyl (C=O) groups is 1. The van der Waals surface area contributed by atoms with Crippen LogP contribution < -0.4 is 5.32 Å². The van der Waals surface area contributed by atoms with Crippen LogP contribution in [0.15, 0.2) is 24.7 Å². The van der Waals surface area contributed by atoms with E-state index in [0.29, 0.717) is 0 Å². The van der Waals surface area contributed by atoms with Crippen molar-refractivity contribution in [3.05, 3.63) is 24.7 Å². The molecule has 0 aromatic carbocycles. The Hall–Kier alpha value is -1.15. The SMILES string of the molecule is C=C1NC(=O)C=CN1[C@@H]1O[C@@](CO)(CF)[C@@H](O)[C@@H]1Cl. The van der Waals surface area contributed by atoms with Gasteiger partial charge in [-0.2, -0.15) is 0 Å². The van der Waals surface area contributed by atoms with E-state index in [2.05, 4.69) is 11.9 Å². The molecule has 8 heteroatoms. The Balaban J connectivity index is 2.25. The molecule has 0 radical (unpaired) electrons. The van der Waals surface area contributed by atoms with Crippen LogP contribution in [-0.4, -0.2) is 57.6 Å². The van der Waals surface area contributed by atoms with Crippen LogP contribution in [0.2, 0.25) is 0 Å². The van der Waals surface area contributed by atoms with Crippen LogP contribution in [0.5, 0.6) is 0 Å². The summed E-state index contributed by atoms with van der Waals surface area (Å²) in [5.74, 6) is -0.159. The summed E-state index contributed by atoms with van der Waals surface area (Å²) in [6.07, 6.45) is 0.277. The van der Waals surface area contributed by atoms with E-state index < -0.39 is 36.6 Å². The fraction of sp³-hybridized carbons (Fsp3) is 0.545. The van der Waals surface area contributed by atoms with Gasteiger partial charge < -0.3 is 25.2 Å². The molecule has 2 rings (SSSR count). The predicted molar refractivity (Wildman–Crippen MR) is 64.6 cm³/mol. The molecule has 0 spiro atoms. The zero-order chi connectivity index (χ0) is 14.2. The lowest BCUT2D eigenvalue weighted by molar-refractivity contribution is -0.144. The molecule has 2 heterocycles. The molecule has 2 aliphatic rings. The Kier molecular flexibility index (Phi) is 3.82. The van der Waals surface area contributed by atoms with Crippen molar-refractivity contribution in [3.8, 4) is 0 Å². The summed E-state index contributed by atoms with van der Waals surface area (Å²) in [4.78, 5) is 12.5. The van der Waals surface area contributed by atoms with Crippen LogP contribution >= 0.6 is 11.6 Å². The lowest BCUT2D eigenvalue weighted by atomic mass is 9.99. The van der Waals surface area contributed by atoms with Gasteiger partial charge in [-0.25, -0.2) is 4.39 Å². The number of amides is 1. The van der Waals surface area contributed by atoms with Crippen molar-refractivity contribution < 1.29 is 24.1 Å². The third kappa shape index (κ3) is 2.23. The summed E-state index contributed by atoms with van der Waals surface area (Å²) in [6, 6.07) is 0. The molecule has 1 fully saturated rings. The van der Waals surface area contributed by atoms with E-state index in [-0.39, 0.29) is 11.7 Å². The largest absolute Gasteiger partial charge is 0.393 e.